The van der Waals surface area contributed by atoms with Gasteiger partial charge in [-0.05, 0) is 41.8 Å². The third-order valence-corrected chi connectivity index (χ3v) is 7.65. The molecule has 0 spiro atoms. The zero-order valence-corrected chi connectivity index (χ0v) is 18.7. The van der Waals surface area contributed by atoms with Gasteiger partial charge in [-0.2, -0.15) is 9.57 Å². The summed E-state index contributed by atoms with van der Waals surface area (Å²) >= 11 is 0. The molecule has 1 amide bonds. The summed E-state index contributed by atoms with van der Waals surface area (Å²) in [5.41, 5.74) is 2.29. The van der Waals surface area contributed by atoms with Crippen LogP contribution < -0.4 is 0 Å². The minimum atomic E-state index is -3.84. The highest BCUT2D eigenvalue weighted by molar-refractivity contribution is 7.89. The molecule has 1 saturated heterocycles. The zero-order valence-electron chi connectivity index (χ0n) is 17.9. The first kappa shape index (κ1) is 22.5. The number of benzene rings is 3. The predicted molar refractivity (Wildman–Crippen MR) is 123 cm³/mol. The molecule has 0 aromatic heterocycles. The van der Waals surface area contributed by atoms with Crippen molar-refractivity contribution in [3.63, 3.8) is 0 Å². The van der Waals surface area contributed by atoms with Crippen molar-refractivity contribution < 1.29 is 18.3 Å². The number of hydrogen-bond acceptors (Lipinski definition) is 5. The normalized spacial score (nSPS) is 14.6. The summed E-state index contributed by atoms with van der Waals surface area (Å²) < 4.78 is 27.3. The van der Waals surface area contributed by atoms with Gasteiger partial charge in [-0.3, -0.25) is 4.79 Å². The Morgan fingerprint density at radius 2 is 1.58 bits per heavy atom. The molecule has 1 fully saturated rings. The van der Waals surface area contributed by atoms with E-state index < -0.39 is 10.0 Å². The van der Waals surface area contributed by atoms with Gasteiger partial charge >= 0.3 is 0 Å². The molecule has 0 unspecified atom stereocenters. The number of rotatable bonds is 5. The highest BCUT2D eigenvalue weighted by Crippen LogP contribution is 2.25. The molecule has 0 bridgehead atoms. The molecule has 33 heavy (non-hydrogen) atoms. The van der Waals surface area contributed by atoms with Gasteiger partial charge in [0, 0.05) is 26.2 Å². The van der Waals surface area contributed by atoms with Crippen LogP contribution in [0.5, 0.6) is 5.75 Å². The molecule has 0 atom stereocenters. The lowest BCUT2D eigenvalue weighted by molar-refractivity contribution is 0.0694. The number of carbonyl (C=O) groups is 1. The van der Waals surface area contributed by atoms with Gasteiger partial charge in [0.15, 0.2) is 0 Å². The molecule has 8 heteroatoms. The number of phenols is 1. The van der Waals surface area contributed by atoms with Gasteiger partial charge in [0.1, 0.15) is 11.8 Å². The number of nitrogens with zero attached hydrogens (tertiary/aromatic N) is 3. The highest BCUT2D eigenvalue weighted by Gasteiger charge is 2.32. The Balaban J connectivity index is 1.48. The molecule has 1 heterocycles. The summed E-state index contributed by atoms with van der Waals surface area (Å²) in [6.07, 6.45) is 0.631. The van der Waals surface area contributed by atoms with E-state index in [1.807, 2.05) is 36.4 Å². The van der Waals surface area contributed by atoms with E-state index in [1.165, 1.54) is 22.5 Å². The number of sulfonamides is 1. The number of amides is 1. The lowest BCUT2D eigenvalue weighted by Gasteiger charge is -2.34. The molecule has 1 aliphatic rings. The van der Waals surface area contributed by atoms with Crippen molar-refractivity contribution >= 4 is 15.9 Å². The molecule has 1 aliphatic heterocycles. The van der Waals surface area contributed by atoms with Crippen molar-refractivity contribution in [2.24, 2.45) is 0 Å². The van der Waals surface area contributed by atoms with E-state index in [4.69, 9.17) is 0 Å². The van der Waals surface area contributed by atoms with E-state index in [9.17, 15) is 23.6 Å². The maximum absolute atomic E-state index is 13.1. The quantitative estimate of drug-likeness (QED) is 0.629. The zero-order chi connectivity index (χ0) is 23.4. The van der Waals surface area contributed by atoms with Crippen LogP contribution in [0, 0.1) is 11.3 Å². The second-order valence-corrected chi connectivity index (χ2v) is 9.72. The third-order valence-electron chi connectivity index (χ3n) is 5.69. The van der Waals surface area contributed by atoms with Crippen LogP contribution >= 0.6 is 0 Å². The van der Waals surface area contributed by atoms with Crippen molar-refractivity contribution in [2.75, 3.05) is 26.2 Å². The first-order valence-electron chi connectivity index (χ1n) is 10.5. The summed E-state index contributed by atoms with van der Waals surface area (Å²) in [6.45, 7) is 0.598. The summed E-state index contributed by atoms with van der Waals surface area (Å²) in [4.78, 5) is 14.6. The summed E-state index contributed by atoms with van der Waals surface area (Å²) in [5, 5.41) is 19.6. The second kappa shape index (κ2) is 9.45. The van der Waals surface area contributed by atoms with Crippen LogP contribution in [0.15, 0.2) is 77.7 Å². The Kier molecular flexibility index (Phi) is 6.45. The summed E-state index contributed by atoms with van der Waals surface area (Å²) in [5.74, 6) is -0.438. The fourth-order valence-electron chi connectivity index (χ4n) is 3.92. The monoisotopic (exact) mass is 461 g/mol. The molecule has 3 aromatic carbocycles. The SMILES string of the molecule is N#Cc1ccccc1S(=O)(=O)N1CCN(C(=O)c2cc(Cc3ccccc3)ccc2O)CC1. The Bertz CT molecular complexity index is 1310. The molecule has 0 aliphatic carbocycles. The van der Waals surface area contributed by atoms with E-state index in [0.717, 1.165) is 11.1 Å². The van der Waals surface area contributed by atoms with Gasteiger partial charge in [-0.15, -0.1) is 0 Å². The van der Waals surface area contributed by atoms with Crippen LogP contribution in [0.25, 0.3) is 0 Å². The van der Waals surface area contributed by atoms with E-state index in [0.29, 0.717) is 6.42 Å². The fourth-order valence-corrected chi connectivity index (χ4v) is 5.49. The molecule has 7 nitrogen and oxygen atoms in total. The van der Waals surface area contributed by atoms with Gasteiger partial charge in [0.05, 0.1) is 16.0 Å². The van der Waals surface area contributed by atoms with Gasteiger partial charge in [0.25, 0.3) is 5.91 Å². The molecule has 0 radical (unpaired) electrons. The van der Waals surface area contributed by atoms with Crippen molar-refractivity contribution in [1.29, 1.82) is 5.26 Å². The first-order valence-corrected chi connectivity index (χ1v) is 12.0. The van der Waals surface area contributed by atoms with E-state index in [2.05, 4.69) is 0 Å². The second-order valence-electron chi connectivity index (χ2n) is 7.82. The molecule has 3 aromatic rings. The van der Waals surface area contributed by atoms with Gasteiger partial charge in [-0.25, -0.2) is 8.42 Å². The Morgan fingerprint density at radius 1 is 0.909 bits per heavy atom. The average Bonchev–Trinajstić information content (AvgIpc) is 2.85. The van der Waals surface area contributed by atoms with Crippen molar-refractivity contribution in [2.45, 2.75) is 11.3 Å². The van der Waals surface area contributed by atoms with Crippen LogP contribution in [-0.4, -0.2) is 54.8 Å². The number of hydrogen-bond donors (Lipinski definition) is 1. The van der Waals surface area contributed by atoms with Crippen LogP contribution in [0.3, 0.4) is 0 Å². The van der Waals surface area contributed by atoms with Crippen LogP contribution in [-0.2, 0) is 16.4 Å². The van der Waals surface area contributed by atoms with Crippen molar-refractivity contribution in [3.05, 3.63) is 95.1 Å². The largest absolute Gasteiger partial charge is 0.507 e. The minimum absolute atomic E-state index is 0.0291. The number of aromatic hydroxyl groups is 1. The van der Waals surface area contributed by atoms with Gasteiger partial charge in [-0.1, -0.05) is 48.5 Å². The van der Waals surface area contributed by atoms with Crippen LogP contribution in [0.4, 0.5) is 0 Å². The number of phenolic OH excluding ortho intramolecular Hbond substituents is 1. The summed E-state index contributed by atoms with van der Waals surface area (Å²) in [6, 6.07) is 22.8. The maximum Gasteiger partial charge on any atom is 0.257 e. The lowest BCUT2D eigenvalue weighted by atomic mass is 10.0. The molecule has 4 rings (SSSR count). The van der Waals surface area contributed by atoms with Crippen LogP contribution in [0.2, 0.25) is 0 Å². The van der Waals surface area contributed by atoms with Crippen molar-refractivity contribution in [1.82, 2.24) is 9.21 Å². The molecular formula is C25H23N3O4S. The number of carbonyl (C=O) groups excluding carboxylic acids is 1. The molecule has 168 valence electrons. The molecule has 0 saturated carbocycles. The Hall–Kier alpha value is -3.67. The molecule has 1 N–H and O–H groups in total. The predicted octanol–water partition coefficient (Wildman–Crippen LogP) is 3.00. The first-order chi connectivity index (χ1) is 15.9. The fraction of sp³-hybridized carbons (Fsp3) is 0.200. The smallest absolute Gasteiger partial charge is 0.257 e. The maximum atomic E-state index is 13.1. The highest BCUT2D eigenvalue weighted by atomic mass is 32.2. The lowest BCUT2D eigenvalue weighted by Crippen LogP contribution is -2.50. The van der Waals surface area contributed by atoms with Crippen LogP contribution in [0.1, 0.15) is 27.0 Å². The number of nitriles is 1. The van der Waals surface area contributed by atoms with Gasteiger partial charge in [0.2, 0.25) is 10.0 Å². The van der Waals surface area contributed by atoms with E-state index in [1.54, 1.807) is 29.2 Å². The minimum Gasteiger partial charge on any atom is -0.507 e. The third kappa shape index (κ3) is 4.75. The van der Waals surface area contributed by atoms with Crippen molar-refractivity contribution in [3.8, 4) is 11.8 Å². The standard InChI is InChI=1S/C25H23N3O4S/c26-18-21-8-4-5-9-24(21)33(31,32)28-14-12-27(13-15-28)25(30)22-17-20(10-11-23(22)29)16-19-6-2-1-3-7-19/h1-11,17,29H,12-16H2. The Morgan fingerprint density at radius 3 is 2.27 bits per heavy atom. The van der Waals surface area contributed by atoms with E-state index in [-0.39, 0.29) is 53.9 Å². The summed E-state index contributed by atoms with van der Waals surface area (Å²) in [7, 11) is -3.84. The molecular weight excluding hydrogens is 438 g/mol. The number of piperazine rings is 1. The Labute approximate surface area is 193 Å². The topological polar surface area (TPSA) is 102 Å². The average molecular weight is 462 g/mol. The van der Waals surface area contributed by atoms with Gasteiger partial charge < -0.3 is 10.0 Å². The van der Waals surface area contributed by atoms with E-state index >= 15 is 0 Å².